The molecule has 0 saturated carbocycles. The second-order valence-corrected chi connectivity index (χ2v) is 15.2. The molecule has 250 valence electrons. The molecule has 5 aromatic rings. The third kappa shape index (κ3) is 5.06. The molecule has 0 saturated heterocycles. The zero-order valence-corrected chi connectivity index (χ0v) is 29.7. The van der Waals surface area contributed by atoms with Crippen molar-refractivity contribution < 1.29 is 0 Å². The van der Waals surface area contributed by atoms with E-state index in [9.17, 15) is 0 Å². The van der Waals surface area contributed by atoms with Crippen molar-refractivity contribution in [3.8, 4) is 11.1 Å². The molecular weight excluding hydrogens is 649 g/mol. The van der Waals surface area contributed by atoms with E-state index >= 15 is 0 Å². The largest absolute Gasteiger partial charge is 0.340 e. The smallest absolute Gasteiger partial charge is 0.133 e. The fourth-order valence-electron chi connectivity index (χ4n) is 8.71. The van der Waals surface area contributed by atoms with Crippen LogP contribution in [0.15, 0.2) is 202 Å². The highest BCUT2D eigenvalue weighted by molar-refractivity contribution is 7.99. The summed E-state index contributed by atoms with van der Waals surface area (Å²) in [6.45, 7) is 0. The van der Waals surface area contributed by atoms with Crippen molar-refractivity contribution in [2.24, 2.45) is 4.99 Å². The molecule has 0 bridgehead atoms. The van der Waals surface area contributed by atoms with E-state index in [2.05, 4.69) is 181 Å². The first kappa shape index (κ1) is 31.1. The third-order valence-electron chi connectivity index (χ3n) is 11.2. The number of rotatable bonds is 4. The molecule has 1 spiro atoms. The summed E-state index contributed by atoms with van der Waals surface area (Å²) in [5.74, 6) is 1.31. The molecule has 0 fully saturated rings. The van der Waals surface area contributed by atoms with Crippen LogP contribution < -0.4 is 5.32 Å². The SMILES string of the molecule is C1=CCC=CC(C2=C[C@H](c3ccc(C4C=CCC=CC4)cc3)N=C(c3ccc4c(c3)-c3ccccc3C43c4ccccc4Sc4ccccc43)N2)=C1. The molecule has 0 radical (unpaired) electrons. The Hall–Kier alpha value is -5.64. The molecule has 2 nitrogen and oxygen atoms in total. The van der Waals surface area contributed by atoms with Gasteiger partial charge >= 0.3 is 0 Å². The van der Waals surface area contributed by atoms with Crippen molar-refractivity contribution in [1.29, 1.82) is 0 Å². The lowest BCUT2D eigenvalue weighted by atomic mass is 9.67. The molecule has 5 aromatic carbocycles. The summed E-state index contributed by atoms with van der Waals surface area (Å²) in [5, 5.41) is 3.79. The van der Waals surface area contributed by atoms with Crippen LogP contribution in [-0.2, 0) is 5.41 Å². The second-order valence-electron chi connectivity index (χ2n) is 14.1. The number of hydrogen-bond acceptors (Lipinski definition) is 3. The monoisotopic (exact) mass is 686 g/mol. The normalized spacial score (nSPS) is 20.3. The number of benzene rings is 5. The lowest BCUT2D eigenvalue weighted by Crippen LogP contribution is -2.32. The fraction of sp³-hybridized carbons (Fsp3) is 0.122. The van der Waals surface area contributed by atoms with Crippen LogP contribution in [0.5, 0.6) is 0 Å². The molecule has 1 N–H and O–H groups in total. The Kier molecular flexibility index (Phi) is 7.69. The molecule has 0 amide bonds. The first-order chi connectivity index (χ1) is 25.8. The van der Waals surface area contributed by atoms with Crippen molar-refractivity contribution in [2.45, 2.75) is 46.4 Å². The van der Waals surface area contributed by atoms with Gasteiger partial charge in [0, 0.05) is 27.0 Å². The van der Waals surface area contributed by atoms with Gasteiger partial charge in [0.1, 0.15) is 5.84 Å². The fourth-order valence-corrected chi connectivity index (χ4v) is 9.91. The summed E-state index contributed by atoms with van der Waals surface area (Å²) in [7, 11) is 0. The predicted molar refractivity (Wildman–Crippen MR) is 216 cm³/mol. The number of nitrogens with one attached hydrogen (secondary N) is 1. The molecule has 10 rings (SSSR count). The van der Waals surface area contributed by atoms with Gasteiger partial charge in [-0.3, -0.25) is 4.99 Å². The number of aliphatic imine (C=N–C) groups is 1. The quantitative estimate of drug-likeness (QED) is 0.186. The van der Waals surface area contributed by atoms with Crippen LogP contribution in [0.4, 0.5) is 0 Å². The average molecular weight is 687 g/mol. The Morgan fingerprint density at radius 1 is 0.635 bits per heavy atom. The Morgan fingerprint density at radius 3 is 2.17 bits per heavy atom. The molecule has 1 unspecified atom stereocenters. The first-order valence-corrected chi connectivity index (χ1v) is 19.2. The van der Waals surface area contributed by atoms with Crippen LogP contribution >= 0.6 is 11.8 Å². The summed E-state index contributed by atoms with van der Waals surface area (Å²) in [6, 6.07) is 43.1. The summed E-state index contributed by atoms with van der Waals surface area (Å²) in [6.07, 6.45) is 25.5. The predicted octanol–water partition coefficient (Wildman–Crippen LogP) is 11.9. The molecule has 5 aliphatic rings. The minimum Gasteiger partial charge on any atom is -0.340 e. The summed E-state index contributed by atoms with van der Waals surface area (Å²) in [4.78, 5) is 8.08. The van der Waals surface area contributed by atoms with Crippen molar-refractivity contribution in [3.63, 3.8) is 0 Å². The molecule has 3 aliphatic carbocycles. The van der Waals surface area contributed by atoms with Crippen molar-refractivity contribution >= 4 is 17.6 Å². The highest BCUT2D eigenvalue weighted by atomic mass is 32.2. The highest BCUT2D eigenvalue weighted by Crippen LogP contribution is 2.62. The van der Waals surface area contributed by atoms with E-state index in [0.717, 1.165) is 41.9 Å². The van der Waals surface area contributed by atoms with Crippen LogP contribution in [-0.4, -0.2) is 5.84 Å². The lowest BCUT2D eigenvalue weighted by molar-refractivity contribution is 0.722. The van der Waals surface area contributed by atoms with Gasteiger partial charge in [0.05, 0.1) is 11.5 Å². The van der Waals surface area contributed by atoms with Gasteiger partial charge in [-0.25, -0.2) is 0 Å². The number of allylic oxidation sites excluding steroid dienone is 9. The van der Waals surface area contributed by atoms with E-state index in [1.54, 1.807) is 0 Å². The first-order valence-electron chi connectivity index (χ1n) is 18.4. The van der Waals surface area contributed by atoms with E-state index in [-0.39, 0.29) is 11.5 Å². The molecular formula is C49H38N2S. The lowest BCUT2D eigenvalue weighted by Gasteiger charge is -2.39. The van der Waals surface area contributed by atoms with E-state index in [4.69, 9.17) is 4.99 Å². The maximum atomic E-state index is 5.44. The average Bonchev–Trinajstić information content (AvgIpc) is 3.51. The maximum Gasteiger partial charge on any atom is 0.133 e. The van der Waals surface area contributed by atoms with Gasteiger partial charge in [-0.05, 0) is 93.6 Å². The van der Waals surface area contributed by atoms with Crippen LogP contribution in [0.2, 0.25) is 0 Å². The van der Waals surface area contributed by atoms with Gasteiger partial charge in [0.15, 0.2) is 0 Å². The Bertz CT molecular complexity index is 2410. The van der Waals surface area contributed by atoms with Crippen molar-refractivity contribution in [2.75, 3.05) is 0 Å². The zero-order chi connectivity index (χ0) is 34.5. The Morgan fingerprint density at radius 2 is 1.35 bits per heavy atom. The van der Waals surface area contributed by atoms with Crippen LogP contribution in [0, 0.1) is 0 Å². The number of hydrogen-bond donors (Lipinski definition) is 1. The minimum atomic E-state index is -0.384. The Labute approximate surface area is 310 Å². The molecule has 2 aliphatic heterocycles. The van der Waals surface area contributed by atoms with E-state index in [1.807, 2.05) is 11.8 Å². The van der Waals surface area contributed by atoms with Gasteiger partial charge in [-0.2, -0.15) is 0 Å². The molecule has 52 heavy (non-hydrogen) atoms. The summed E-state index contributed by atoms with van der Waals surface area (Å²) >= 11 is 1.88. The van der Waals surface area contributed by atoms with Gasteiger partial charge in [0.2, 0.25) is 0 Å². The standard InChI is InChI=1S/C49H38N2S/c1-2-6-16-33(15-5-1)34-25-27-36(28-26-34)45-32-44(35-17-7-3-4-8-18-35)50-48(51-45)37-29-30-41-39(31-37)38-19-9-10-20-40(38)49(41)42-21-11-13-23-46(42)52-47-24-14-12-22-43(47)49/h1,3,5-14,16-33,45H,2,4,15H2,(H,50,51)/t33?,45-/m1/s1. The van der Waals surface area contributed by atoms with Gasteiger partial charge < -0.3 is 5.32 Å². The number of nitrogens with zero attached hydrogens (tertiary/aromatic N) is 1. The van der Waals surface area contributed by atoms with E-state index < -0.39 is 0 Å². The van der Waals surface area contributed by atoms with Crippen LogP contribution in [0.25, 0.3) is 11.1 Å². The van der Waals surface area contributed by atoms with Crippen molar-refractivity contribution in [3.05, 3.63) is 226 Å². The topological polar surface area (TPSA) is 24.4 Å². The van der Waals surface area contributed by atoms with E-state index in [1.165, 1.54) is 54.3 Å². The van der Waals surface area contributed by atoms with Gasteiger partial charge in [-0.1, -0.05) is 164 Å². The number of amidine groups is 1. The summed E-state index contributed by atoms with van der Waals surface area (Å²) < 4.78 is 0. The molecule has 3 heteroatoms. The Balaban J connectivity index is 1.10. The van der Waals surface area contributed by atoms with Gasteiger partial charge in [-0.15, -0.1) is 0 Å². The minimum absolute atomic E-state index is 0.118. The maximum absolute atomic E-state index is 5.44. The van der Waals surface area contributed by atoms with Gasteiger partial charge in [0.25, 0.3) is 0 Å². The van der Waals surface area contributed by atoms with E-state index in [0.29, 0.717) is 5.92 Å². The third-order valence-corrected chi connectivity index (χ3v) is 12.3. The summed E-state index contributed by atoms with van der Waals surface area (Å²) in [5.41, 5.74) is 13.5. The second kappa shape index (κ2) is 12.8. The van der Waals surface area contributed by atoms with Crippen LogP contribution in [0.3, 0.4) is 0 Å². The highest BCUT2D eigenvalue weighted by Gasteiger charge is 2.50. The molecule has 2 atom stereocenters. The number of fused-ring (bicyclic) bond motifs is 9. The molecule has 2 heterocycles. The van der Waals surface area contributed by atoms with Crippen molar-refractivity contribution in [1.82, 2.24) is 5.32 Å². The molecule has 0 aromatic heterocycles. The zero-order valence-electron chi connectivity index (χ0n) is 28.9. The van der Waals surface area contributed by atoms with Crippen LogP contribution in [0.1, 0.15) is 70.2 Å².